The molecule has 0 radical (unpaired) electrons. The zero-order chi connectivity index (χ0) is 15.3. The molecular weight excluding hydrogens is 260 g/mol. The van der Waals surface area contributed by atoms with Crippen molar-refractivity contribution in [2.24, 2.45) is 5.92 Å². The Hall–Kier alpha value is -2.31. The van der Waals surface area contributed by atoms with Crippen LogP contribution in [0.3, 0.4) is 0 Å². The Labute approximate surface area is 118 Å². The van der Waals surface area contributed by atoms with Crippen molar-refractivity contribution >= 4 is 23.0 Å². The molecule has 0 saturated carbocycles. The maximum atomic E-state index is 11.5. The predicted octanol–water partition coefficient (Wildman–Crippen LogP) is 1.45. The molecule has 0 fully saturated rings. The number of hydrogen-bond acceptors (Lipinski definition) is 5. The molecular formula is C13H20N4O3. The Morgan fingerprint density at radius 1 is 1.40 bits per heavy atom. The summed E-state index contributed by atoms with van der Waals surface area (Å²) in [5.41, 5.74) is 1.37. The number of benzene rings is 1. The largest absolute Gasteiger partial charge is 0.388 e. The number of nitrogens with zero attached hydrogens (tertiary/aromatic N) is 2. The lowest BCUT2D eigenvalue weighted by Gasteiger charge is -2.23. The number of amides is 1. The molecule has 1 rings (SSSR count). The minimum absolute atomic E-state index is 0.0197. The van der Waals surface area contributed by atoms with Gasteiger partial charge in [0, 0.05) is 51.2 Å². The van der Waals surface area contributed by atoms with Gasteiger partial charge in [0.1, 0.15) is 0 Å². The second-order valence-electron chi connectivity index (χ2n) is 4.64. The van der Waals surface area contributed by atoms with Gasteiger partial charge in [-0.3, -0.25) is 14.9 Å². The lowest BCUT2D eigenvalue weighted by Crippen LogP contribution is -2.34. The number of carbonyl (C=O) groups excluding carboxylic acids is 1. The van der Waals surface area contributed by atoms with Crippen LogP contribution in [-0.4, -0.2) is 38.5 Å². The molecule has 0 aliphatic heterocycles. The van der Waals surface area contributed by atoms with Gasteiger partial charge in [0.25, 0.3) is 5.69 Å². The molecule has 0 heterocycles. The molecule has 0 aliphatic carbocycles. The average Bonchev–Trinajstić information content (AvgIpc) is 2.45. The van der Waals surface area contributed by atoms with Crippen molar-refractivity contribution in [1.82, 2.24) is 5.32 Å². The zero-order valence-electron chi connectivity index (χ0n) is 12.1. The van der Waals surface area contributed by atoms with E-state index in [2.05, 4.69) is 10.6 Å². The number of carbonyl (C=O) groups is 1. The third-order valence-corrected chi connectivity index (χ3v) is 3.08. The fourth-order valence-electron chi connectivity index (χ4n) is 1.91. The van der Waals surface area contributed by atoms with E-state index in [0.29, 0.717) is 17.9 Å². The number of hydrogen-bond donors (Lipinski definition) is 2. The third-order valence-electron chi connectivity index (χ3n) is 3.08. The maximum absolute atomic E-state index is 11.5. The van der Waals surface area contributed by atoms with E-state index in [0.717, 1.165) is 0 Å². The highest BCUT2D eigenvalue weighted by atomic mass is 16.6. The van der Waals surface area contributed by atoms with Gasteiger partial charge in [-0.2, -0.15) is 0 Å². The summed E-state index contributed by atoms with van der Waals surface area (Å²) in [6.45, 7) is 2.29. The van der Waals surface area contributed by atoms with Gasteiger partial charge in [0.05, 0.1) is 10.8 Å². The Balaban J connectivity index is 2.97. The zero-order valence-corrected chi connectivity index (χ0v) is 12.1. The predicted molar refractivity (Wildman–Crippen MR) is 79.1 cm³/mol. The summed E-state index contributed by atoms with van der Waals surface area (Å²) in [5.74, 6) is -0.265. The Morgan fingerprint density at radius 3 is 2.55 bits per heavy atom. The second kappa shape index (κ2) is 6.74. The van der Waals surface area contributed by atoms with Crippen molar-refractivity contribution in [3.05, 3.63) is 28.3 Å². The maximum Gasteiger partial charge on any atom is 0.273 e. The van der Waals surface area contributed by atoms with Gasteiger partial charge in [-0.25, -0.2) is 0 Å². The molecule has 110 valence electrons. The Morgan fingerprint density at radius 2 is 2.05 bits per heavy atom. The van der Waals surface area contributed by atoms with Gasteiger partial charge in [0.15, 0.2) is 0 Å². The van der Waals surface area contributed by atoms with E-state index >= 15 is 0 Å². The number of rotatable bonds is 6. The summed E-state index contributed by atoms with van der Waals surface area (Å²) in [6, 6.07) is 4.78. The molecule has 2 N–H and O–H groups in total. The topological polar surface area (TPSA) is 87.5 Å². The molecule has 0 spiro atoms. The van der Waals surface area contributed by atoms with Crippen LogP contribution in [-0.2, 0) is 4.79 Å². The monoisotopic (exact) mass is 280 g/mol. The fraction of sp³-hybridized carbons (Fsp3) is 0.462. The molecule has 1 atom stereocenters. The average molecular weight is 280 g/mol. The molecule has 0 aromatic heterocycles. The van der Waals surface area contributed by atoms with Crippen LogP contribution < -0.4 is 15.5 Å². The van der Waals surface area contributed by atoms with Crippen LogP contribution in [0.15, 0.2) is 18.2 Å². The summed E-state index contributed by atoms with van der Waals surface area (Å²) in [5, 5.41) is 16.4. The first-order chi connectivity index (χ1) is 9.38. The van der Waals surface area contributed by atoms with Crippen molar-refractivity contribution in [3.63, 3.8) is 0 Å². The number of nitrogens with one attached hydrogen (secondary N) is 2. The summed E-state index contributed by atoms with van der Waals surface area (Å²) >= 11 is 0. The van der Waals surface area contributed by atoms with E-state index in [4.69, 9.17) is 0 Å². The Kier molecular flexibility index (Phi) is 5.31. The van der Waals surface area contributed by atoms with Gasteiger partial charge in [-0.1, -0.05) is 6.92 Å². The highest BCUT2D eigenvalue weighted by Gasteiger charge is 2.16. The number of nitro benzene ring substituents is 1. The lowest BCUT2D eigenvalue weighted by atomic mass is 10.1. The van der Waals surface area contributed by atoms with Crippen molar-refractivity contribution in [3.8, 4) is 0 Å². The van der Waals surface area contributed by atoms with Crippen LogP contribution in [0.25, 0.3) is 0 Å². The molecule has 1 aromatic rings. The molecule has 0 aliphatic rings. The fourth-order valence-corrected chi connectivity index (χ4v) is 1.91. The number of non-ortho nitro benzene ring substituents is 1. The van der Waals surface area contributed by atoms with Gasteiger partial charge < -0.3 is 15.5 Å². The first-order valence-electron chi connectivity index (χ1n) is 6.29. The van der Waals surface area contributed by atoms with E-state index in [-0.39, 0.29) is 17.5 Å². The number of nitro groups is 1. The molecule has 20 heavy (non-hydrogen) atoms. The van der Waals surface area contributed by atoms with Crippen LogP contribution in [0.4, 0.5) is 17.1 Å². The van der Waals surface area contributed by atoms with Crippen LogP contribution >= 0.6 is 0 Å². The highest BCUT2D eigenvalue weighted by Crippen LogP contribution is 2.26. The van der Waals surface area contributed by atoms with E-state index < -0.39 is 4.92 Å². The van der Waals surface area contributed by atoms with Crippen molar-refractivity contribution in [2.75, 3.05) is 37.9 Å². The van der Waals surface area contributed by atoms with E-state index in [9.17, 15) is 14.9 Å². The van der Waals surface area contributed by atoms with Crippen LogP contribution in [0.2, 0.25) is 0 Å². The standard InChI is InChI=1S/C13H20N4O3/c1-9(13(18)15-3)8-16(4)11-5-10(14-2)6-12(7-11)17(19)20/h5-7,9,14H,8H2,1-4H3,(H,15,18). The van der Waals surface area contributed by atoms with Gasteiger partial charge in [-0.15, -0.1) is 0 Å². The third kappa shape index (κ3) is 3.84. The minimum atomic E-state index is -0.430. The van der Waals surface area contributed by atoms with Gasteiger partial charge in [0.2, 0.25) is 5.91 Å². The summed E-state index contributed by atoms with van der Waals surface area (Å²) < 4.78 is 0. The smallest absolute Gasteiger partial charge is 0.273 e. The quantitative estimate of drug-likeness (QED) is 0.608. The summed E-state index contributed by atoms with van der Waals surface area (Å²) in [6.07, 6.45) is 0. The SMILES string of the molecule is CNC(=O)C(C)CN(C)c1cc(NC)cc([N+](=O)[O-])c1. The molecule has 0 saturated heterocycles. The first-order valence-corrected chi connectivity index (χ1v) is 6.29. The Bertz CT molecular complexity index is 504. The molecule has 0 bridgehead atoms. The van der Waals surface area contributed by atoms with E-state index in [1.54, 1.807) is 21.1 Å². The molecule has 7 heteroatoms. The van der Waals surface area contributed by atoms with Crippen LogP contribution in [0.1, 0.15) is 6.92 Å². The van der Waals surface area contributed by atoms with Gasteiger partial charge in [-0.05, 0) is 6.07 Å². The lowest BCUT2D eigenvalue weighted by molar-refractivity contribution is -0.384. The van der Waals surface area contributed by atoms with Gasteiger partial charge >= 0.3 is 0 Å². The van der Waals surface area contributed by atoms with Crippen molar-refractivity contribution < 1.29 is 9.72 Å². The first kappa shape index (κ1) is 15.7. The molecule has 1 unspecified atom stereocenters. The van der Waals surface area contributed by atoms with Crippen molar-refractivity contribution in [1.29, 1.82) is 0 Å². The van der Waals surface area contributed by atoms with E-state index in [1.807, 2.05) is 17.9 Å². The summed E-state index contributed by atoms with van der Waals surface area (Å²) in [7, 11) is 5.10. The normalized spacial score (nSPS) is 11.6. The molecule has 1 amide bonds. The second-order valence-corrected chi connectivity index (χ2v) is 4.64. The number of anilines is 2. The molecule has 1 aromatic carbocycles. The van der Waals surface area contributed by atoms with Crippen LogP contribution in [0, 0.1) is 16.0 Å². The molecule has 7 nitrogen and oxygen atoms in total. The minimum Gasteiger partial charge on any atom is -0.388 e. The van der Waals surface area contributed by atoms with E-state index in [1.165, 1.54) is 12.1 Å². The van der Waals surface area contributed by atoms with Crippen molar-refractivity contribution in [2.45, 2.75) is 6.92 Å². The highest BCUT2D eigenvalue weighted by molar-refractivity contribution is 5.78. The summed E-state index contributed by atoms with van der Waals surface area (Å²) in [4.78, 5) is 23.8. The van der Waals surface area contributed by atoms with Crippen LogP contribution in [0.5, 0.6) is 0 Å².